The van der Waals surface area contributed by atoms with Gasteiger partial charge >= 0.3 is 6.18 Å². The first-order valence-electron chi connectivity index (χ1n) is 6.51. The molecule has 0 unspecified atom stereocenters. The van der Waals surface area contributed by atoms with E-state index in [1.807, 2.05) is 0 Å². The molecule has 0 radical (unpaired) electrons. The van der Waals surface area contributed by atoms with Gasteiger partial charge in [0.1, 0.15) is 17.2 Å². The van der Waals surface area contributed by atoms with Gasteiger partial charge in [0.2, 0.25) is 5.91 Å². The van der Waals surface area contributed by atoms with E-state index in [0.717, 1.165) is 12.3 Å². The Labute approximate surface area is 130 Å². The zero-order valence-electron chi connectivity index (χ0n) is 12.1. The molecule has 1 amide bonds. The molecule has 0 saturated heterocycles. The molecule has 1 aromatic carbocycles. The summed E-state index contributed by atoms with van der Waals surface area (Å²) in [6.45, 7) is 4.82. The number of nitrogens with one attached hydrogen (secondary N) is 2. The monoisotopic (exact) mass is 322 g/mol. The van der Waals surface area contributed by atoms with Gasteiger partial charge in [0, 0.05) is 17.6 Å². The zero-order chi connectivity index (χ0) is 17.0. The number of anilines is 3. The van der Waals surface area contributed by atoms with Crippen LogP contribution in [0.4, 0.5) is 30.4 Å². The molecule has 1 heterocycles. The van der Waals surface area contributed by atoms with Gasteiger partial charge in [-0.05, 0) is 31.2 Å². The number of hydrogen-bond acceptors (Lipinski definition) is 4. The van der Waals surface area contributed by atoms with Crippen molar-refractivity contribution < 1.29 is 18.0 Å². The second kappa shape index (κ2) is 6.47. The first-order chi connectivity index (χ1) is 10.8. The molecule has 8 heteroatoms. The van der Waals surface area contributed by atoms with E-state index in [0.29, 0.717) is 11.4 Å². The third kappa shape index (κ3) is 4.29. The summed E-state index contributed by atoms with van der Waals surface area (Å²) in [5.74, 6) is -0.565. The molecule has 0 aliphatic carbocycles. The van der Waals surface area contributed by atoms with E-state index >= 15 is 0 Å². The number of aryl methyl sites for hydroxylation is 1. The minimum absolute atomic E-state index is 0.205. The zero-order valence-corrected chi connectivity index (χ0v) is 12.1. The molecular formula is C15H13F3N4O. The smallest absolute Gasteiger partial charge is 0.340 e. The molecule has 0 fully saturated rings. The number of alkyl halides is 3. The number of nitrogens with zero attached hydrogens (tertiary/aromatic N) is 2. The summed E-state index contributed by atoms with van der Waals surface area (Å²) in [5.41, 5.74) is -0.210. The van der Waals surface area contributed by atoms with Crippen molar-refractivity contribution in [2.24, 2.45) is 0 Å². The van der Waals surface area contributed by atoms with E-state index in [1.165, 1.54) is 13.0 Å². The lowest BCUT2D eigenvalue weighted by molar-refractivity contribution is -0.137. The number of carbonyl (C=O) groups excluding carboxylic acids is 1. The summed E-state index contributed by atoms with van der Waals surface area (Å²) in [7, 11) is 0. The van der Waals surface area contributed by atoms with Crippen LogP contribution in [-0.4, -0.2) is 15.9 Å². The predicted octanol–water partition coefficient (Wildman–Crippen LogP) is 3.67. The molecule has 5 nitrogen and oxygen atoms in total. The van der Waals surface area contributed by atoms with Gasteiger partial charge in [0.25, 0.3) is 0 Å². The third-order valence-corrected chi connectivity index (χ3v) is 2.79. The molecule has 0 saturated carbocycles. The summed E-state index contributed by atoms with van der Waals surface area (Å²) in [4.78, 5) is 18.6. The summed E-state index contributed by atoms with van der Waals surface area (Å²) in [6, 6.07) is 6.23. The fourth-order valence-corrected chi connectivity index (χ4v) is 1.78. The van der Waals surface area contributed by atoms with Crippen LogP contribution < -0.4 is 10.6 Å². The molecule has 0 spiro atoms. The minimum atomic E-state index is -4.58. The Morgan fingerprint density at radius 1 is 1.30 bits per heavy atom. The maximum atomic E-state index is 13.0. The van der Waals surface area contributed by atoms with E-state index < -0.39 is 17.6 Å². The molecule has 120 valence electrons. The fourth-order valence-electron chi connectivity index (χ4n) is 1.78. The van der Waals surface area contributed by atoms with Gasteiger partial charge in [0.05, 0.1) is 0 Å². The Balaban J connectivity index is 2.32. The van der Waals surface area contributed by atoms with Gasteiger partial charge in [-0.25, -0.2) is 9.97 Å². The first kappa shape index (κ1) is 16.5. The van der Waals surface area contributed by atoms with Crippen LogP contribution in [0, 0.1) is 6.92 Å². The lowest BCUT2D eigenvalue weighted by Crippen LogP contribution is -2.12. The molecule has 0 bridgehead atoms. The minimum Gasteiger partial charge on any atom is -0.340 e. The Morgan fingerprint density at radius 3 is 2.65 bits per heavy atom. The Hall–Kier alpha value is -2.90. The molecule has 2 N–H and O–H groups in total. The van der Waals surface area contributed by atoms with E-state index in [1.54, 1.807) is 18.2 Å². The van der Waals surface area contributed by atoms with Crippen LogP contribution in [0.3, 0.4) is 0 Å². The highest BCUT2D eigenvalue weighted by molar-refractivity contribution is 5.99. The number of halogens is 3. The van der Waals surface area contributed by atoms with E-state index in [2.05, 4.69) is 27.2 Å². The first-order valence-corrected chi connectivity index (χ1v) is 6.51. The van der Waals surface area contributed by atoms with Crippen molar-refractivity contribution >= 4 is 23.1 Å². The van der Waals surface area contributed by atoms with Crippen LogP contribution in [0.1, 0.15) is 11.4 Å². The molecule has 1 aromatic heterocycles. The normalized spacial score (nSPS) is 11.0. The molecular weight excluding hydrogens is 309 g/mol. The lowest BCUT2D eigenvalue weighted by atomic mass is 10.2. The third-order valence-electron chi connectivity index (χ3n) is 2.79. The summed E-state index contributed by atoms with van der Waals surface area (Å²) in [6.07, 6.45) is -2.76. The fraction of sp³-hybridized carbons (Fsp3) is 0.133. The predicted molar refractivity (Wildman–Crippen MR) is 80.3 cm³/mol. The number of hydrogen-bond donors (Lipinski definition) is 2. The highest BCUT2D eigenvalue weighted by Gasteiger charge is 2.35. The van der Waals surface area contributed by atoms with Crippen molar-refractivity contribution in [2.75, 3.05) is 10.6 Å². The maximum absolute atomic E-state index is 13.0. The molecule has 2 aromatic rings. The van der Waals surface area contributed by atoms with Crippen molar-refractivity contribution in [3.05, 3.63) is 54.5 Å². The SMILES string of the molecule is C=CC(=O)Nc1cccc(Nc2nc(C)ncc2C(F)(F)F)c1. The standard InChI is InChI=1S/C15H13F3N4O/c1-3-13(23)21-10-5-4-6-11(7-10)22-14-12(15(16,17)18)8-19-9(2)20-14/h3-8H,1H2,2H3,(H,21,23)(H,19,20,22). The van der Waals surface area contributed by atoms with Crippen molar-refractivity contribution in [2.45, 2.75) is 13.1 Å². The van der Waals surface area contributed by atoms with Crippen molar-refractivity contribution in [3.63, 3.8) is 0 Å². The Bertz CT molecular complexity index is 744. The topological polar surface area (TPSA) is 66.9 Å². The van der Waals surface area contributed by atoms with Gasteiger partial charge in [-0.1, -0.05) is 12.6 Å². The van der Waals surface area contributed by atoms with Crippen LogP contribution in [0.15, 0.2) is 43.1 Å². The second-order valence-corrected chi connectivity index (χ2v) is 4.58. The largest absolute Gasteiger partial charge is 0.421 e. The van der Waals surface area contributed by atoms with Crippen molar-refractivity contribution in [3.8, 4) is 0 Å². The number of amides is 1. The van der Waals surface area contributed by atoms with Crippen LogP contribution in [-0.2, 0) is 11.0 Å². The summed E-state index contributed by atoms with van der Waals surface area (Å²) < 4.78 is 39.0. The molecule has 0 aliphatic rings. The highest BCUT2D eigenvalue weighted by atomic mass is 19.4. The lowest BCUT2D eigenvalue weighted by Gasteiger charge is -2.14. The second-order valence-electron chi connectivity index (χ2n) is 4.58. The molecule has 0 aliphatic heterocycles. The van der Waals surface area contributed by atoms with Crippen molar-refractivity contribution in [1.82, 2.24) is 9.97 Å². The summed E-state index contributed by atoms with van der Waals surface area (Å²) >= 11 is 0. The van der Waals surface area contributed by atoms with Crippen molar-refractivity contribution in [1.29, 1.82) is 0 Å². The van der Waals surface area contributed by atoms with E-state index in [-0.39, 0.29) is 11.6 Å². The summed E-state index contributed by atoms with van der Waals surface area (Å²) in [5, 5.41) is 5.13. The molecule has 23 heavy (non-hydrogen) atoms. The van der Waals surface area contributed by atoms with Gasteiger partial charge in [-0.2, -0.15) is 13.2 Å². The average molecular weight is 322 g/mol. The Kier molecular flexibility index (Phi) is 4.63. The number of carbonyl (C=O) groups is 1. The number of rotatable bonds is 4. The van der Waals surface area contributed by atoms with Gasteiger partial charge in [0.15, 0.2) is 0 Å². The van der Waals surface area contributed by atoms with Crippen LogP contribution >= 0.6 is 0 Å². The van der Waals surface area contributed by atoms with Gasteiger partial charge < -0.3 is 10.6 Å². The highest BCUT2D eigenvalue weighted by Crippen LogP contribution is 2.34. The van der Waals surface area contributed by atoms with Crippen LogP contribution in [0.25, 0.3) is 0 Å². The van der Waals surface area contributed by atoms with E-state index in [4.69, 9.17) is 0 Å². The van der Waals surface area contributed by atoms with Crippen LogP contribution in [0.2, 0.25) is 0 Å². The molecule has 0 atom stereocenters. The number of benzene rings is 1. The molecule has 2 rings (SSSR count). The van der Waals surface area contributed by atoms with Crippen LogP contribution in [0.5, 0.6) is 0 Å². The van der Waals surface area contributed by atoms with Gasteiger partial charge in [-0.15, -0.1) is 0 Å². The average Bonchev–Trinajstić information content (AvgIpc) is 2.46. The number of aromatic nitrogens is 2. The van der Waals surface area contributed by atoms with E-state index in [9.17, 15) is 18.0 Å². The quantitative estimate of drug-likeness (QED) is 0.843. The Morgan fingerprint density at radius 2 is 2.00 bits per heavy atom. The van der Waals surface area contributed by atoms with Gasteiger partial charge in [-0.3, -0.25) is 4.79 Å². The maximum Gasteiger partial charge on any atom is 0.421 e.